The van der Waals surface area contributed by atoms with Crippen molar-refractivity contribution < 1.29 is 5.11 Å². The summed E-state index contributed by atoms with van der Waals surface area (Å²) in [6, 6.07) is 9.92. The lowest BCUT2D eigenvalue weighted by molar-refractivity contribution is 0.206. The van der Waals surface area contributed by atoms with Crippen molar-refractivity contribution >= 4 is 0 Å². The predicted molar refractivity (Wildman–Crippen MR) is 54.3 cm³/mol. The van der Waals surface area contributed by atoms with Gasteiger partial charge < -0.3 is 5.11 Å². The summed E-state index contributed by atoms with van der Waals surface area (Å²) in [6.45, 7) is 3.71. The van der Waals surface area contributed by atoms with E-state index in [1.165, 1.54) is 0 Å². The van der Waals surface area contributed by atoms with Gasteiger partial charge in [0.1, 0.15) is 6.10 Å². The van der Waals surface area contributed by atoms with Gasteiger partial charge in [-0.2, -0.15) is 0 Å². The number of aliphatic hydroxyl groups excluding tert-OH is 1. The highest BCUT2D eigenvalue weighted by Crippen LogP contribution is 2.17. The van der Waals surface area contributed by atoms with Crippen molar-refractivity contribution in [3.63, 3.8) is 0 Å². The average molecular weight is 174 g/mol. The molecule has 1 rings (SSSR count). The van der Waals surface area contributed by atoms with E-state index in [1.54, 1.807) is 6.92 Å². The number of hydrogen-bond acceptors (Lipinski definition) is 1. The van der Waals surface area contributed by atoms with Crippen molar-refractivity contribution in [2.45, 2.75) is 25.9 Å². The molecule has 0 heterocycles. The maximum absolute atomic E-state index is 9.60. The number of benzene rings is 1. The Labute approximate surface area is 79.4 Å². The van der Waals surface area contributed by atoms with Crippen LogP contribution in [0.5, 0.6) is 0 Å². The molecule has 0 spiro atoms. The smallest absolute Gasteiger partial charge is 0.121 e. The molecule has 0 saturated carbocycles. The van der Waals surface area contributed by atoms with Gasteiger partial charge in [0.25, 0.3) is 0 Å². The van der Waals surface area contributed by atoms with Crippen LogP contribution < -0.4 is 0 Å². The summed E-state index contributed by atoms with van der Waals surface area (Å²) in [5, 5.41) is 9.60. The molecule has 0 bridgehead atoms. The second-order valence-corrected chi connectivity index (χ2v) is 3.04. The van der Waals surface area contributed by atoms with Crippen LogP contribution in [0.2, 0.25) is 0 Å². The third-order valence-electron chi connectivity index (χ3n) is 2.09. The van der Waals surface area contributed by atoms with E-state index < -0.39 is 6.10 Å². The summed E-state index contributed by atoms with van der Waals surface area (Å²) < 4.78 is 0. The molecule has 1 nitrogen and oxygen atoms in total. The van der Waals surface area contributed by atoms with Crippen LogP contribution in [0.25, 0.3) is 0 Å². The minimum Gasteiger partial charge on any atom is -0.380 e. The monoisotopic (exact) mass is 174 g/mol. The lowest BCUT2D eigenvalue weighted by atomic mass is 9.96. The highest BCUT2D eigenvalue weighted by Gasteiger charge is 2.12. The average Bonchev–Trinajstić information content (AvgIpc) is 2.18. The number of aliphatic hydroxyl groups is 1. The summed E-state index contributed by atoms with van der Waals surface area (Å²) >= 11 is 0. The SMILES string of the molecule is CC#C[C@@H](O)[C@@H](C)c1ccccc1. The Morgan fingerprint density at radius 3 is 2.38 bits per heavy atom. The molecule has 1 heteroatoms. The van der Waals surface area contributed by atoms with E-state index in [0.29, 0.717) is 0 Å². The molecule has 1 N–H and O–H groups in total. The first kappa shape index (κ1) is 9.83. The first-order chi connectivity index (χ1) is 6.25. The molecule has 0 saturated heterocycles. The Morgan fingerprint density at radius 1 is 1.23 bits per heavy atom. The van der Waals surface area contributed by atoms with E-state index in [0.717, 1.165) is 5.56 Å². The molecule has 13 heavy (non-hydrogen) atoms. The Kier molecular flexibility index (Phi) is 3.54. The molecule has 0 unspecified atom stereocenters. The topological polar surface area (TPSA) is 20.2 Å². The minimum atomic E-state index is -0.563. The van der Waals surface area contributed by atoms with Crippen molar-refractivity contribution in [2.75, 3.05) is 0 Å². The zero-order valence-electron chi connectivity index (χ0n) is 7.99. The number of hydrogen-bond donors (Lipinski definition) is 1. The summed E-state index contributed by atoms with van der Waals surface area (Å²) in [7, 11) is 0. The Hall–Kier alpha value is -1.26. The minimum absolute atomic E-state index is 0.0775. The predicted octanol–water partition coefficient (Wildman–Crippen LogP) is 2.17. The second kappa shape index (κ2) is 4.69. The summed E-state index contributed by atoms with van der Waals surface area (Å²) in [4.78, 5) is 0. The fraction of sp³-hybridized carbons (Fsp3) is 0.333. The van der Waals surface area contributed by atoms with Gasteiger partial charge in [0.05, 0.1) is 0 Å². The van der Waals surface area contributed by atoms with Gasteiger partial charge in [-0.3, -0.25) is 0 Å². The zero-order chi connectivity index (χ0) is 9.68. The van der Waals surface area contributed by atoms with Gasteiger partial charge in [0.2, 0.25) is 0 Å². The molecule has 1 aromatic carbocycles. The fourth-order valence-electron chi connectivity index (χ4n) is 1.21. The van der Waals surface area contributed by atoms with E-state index >= 15 is 0 Å². The standard InChI is InChI=1S/C12H14O/c1-3-7-12(13)10(2)11-8-5-4-6-9-11/h4-6,8-10,12-13H,1-2H3/t10-,12+/m0/s1. The van der Waals surface area contributed by atoms with Crippen LogP contribution in [-0.4, -0.2) is 11.2 Å². The van der Waals surface area contributed by atoms with Crippen molar-refractivity contribution in [1.82, 2.24) is 0 Å². The van der Waals surface area contributed by atoms with Crippen LogP contribution in [0.3, 0.4) is 0 Å². The number of rotatable bonds is 2. The zero-order valence-corrected chi connectivity index (χ0v) is 7.99. The van der Waals surface area contributed by atoms with Crippen molar-refractivity contribution in [1.29, 1.82) is 0 Å². The first-order valence-electron chi connectivity index (χ1n) is 4.41. The van der Waals surface area contributed by atoms with E-state index in [2.05, 4.69) is 11.8 Å². The Morgan fingerprint density at radius 2 is 1.85 bits per heavy atom. The Bertz CT molecular complexity index is 305. The molecule has 2 atom stereocenters. The van der Waals surface area contributed by atoms with Crippen LogP contribution in [-0.2, 0) is 0 Å². The lowest BCUT2D eigenvalue weighted by Crippen LogP contribution is -2.13. The third-order valence-corrected chi connectivity index (χ3v) is 2.09. The van der Waals surface area contributed by atoms with E-state index in [9.17, 15) is 5.11 Å². The van der Waals surface area contributed by atoms with Gasteiger partial charge >= 0.3 is 0 Å². The van der Waals surface area contributed by atoms with Gasteiger partial charge in [0, 0.05) is 5.92 Å². The van der Waals surface area contributed by atoms with Crippen LogP contribution in [0.15, 0.2) is 30.3 Å². The van der Waals surface area contributed by atoms with E-state index in [1.807, 2.05) is 37.3 Å². The molecule has 0 fully saturated rings. The van der Waals surface area contributed by atoms with Gasteiger partial charge in [-0.25, -0.2) is 0 Å². The first-order valence-corrected chi connectivity index (χ1v) is 4.41. The van der Waals surface area contributed by atoms with Crippen LogP contribution in [0.1, 0.15) is 25.3 Å². The van der Waals surface area contributed by atoms with Crippen molar-refractivity contribution in [3.8, 4) is 11.8 Å². The molecule has 0 aliphatic rings. The lowest BCUT2D eigenvalue weighted by Gasteiger charge is -2.13. The van der Waals surface area contributed by atoms with Crippen molar-refractivity contribution in [2.24, 2.45) is 0 Å². The molecule has 0 aliphatic carbocycles. The van der Waals surface area contributed by atoms with Gasteiger partial charge in [0.15, 0.2) is 0 Å². The maximum atomic E-state index is 9.60. The normalized spacial score (nSPS) is 14.1. The van der Waals surface area contributed by atoms with Crippen LogP contribution >= 0.6 is 0 Å². The summed E-state index contributed by atoms with van der Waals surface area (Å²) in [5.74, 6) is 5.54. The van der Waals surface area contributed by atoms with E-state index in [4.69, 9.17) is 0 Å². The molecule has 0 radical (unpaired) electrons. The highest BCUT2D eigenvalue weighted by atomic mass is 16.3. The molecule has 68 valence electrons. The fourth-order valence-corrected chi connectivity index (χ4v) is 1.21. The molecular formula is C12H14O. The van der Waals surface area contributed by atoms with Gasteiger partial charge in [-0.1, -0.05) is 43.2 Å². The molecule has 0 aromatic heterocycles. The molecule has 0 amide bonds. The summed E-state index contributed by atoms with van der Waals surface area (Å²) in [5.41, 5.74) is 1.12. The third kappa shape index (κ3) is 2.61. The van der Waals surface area contributed by atoms with Crippen LogP contribution in [0.4, 0.5) is 0 Å². The molecule has 1 aromatic rings. The second-order valence-electron chi connectivity index (χ2n) is 3.04. The molecular weight excluding hydrogens is 160 g/mol. The van der Waals surface area contributed by atoms with Crippen molar-refractivity contribution in [3.05, 3.63) is 35.9 Å². The largest absolute Gasteiger partial charge is 0.380 e. The van der Waals surface area contributed by atoms with Gasteiger partial charge in [-0.05, 0) is 12.5 Å². The molecule has 0 aliphatic heterocycles. The van der Waals surface area contributed by atoms with Crippen LogP contribution in [0, 0.1) is 11.8 Å². The summed E-state index contributed by atoms with van der Waals surface area (Å²) in [6.07, 6.45) is -0.563. The maximum Gasteiger partial charge on any atom is 0.121 e. The quantitative estimate of drug-likeness (QED) is 0.681. The van der Waals surface area contributed by atoms with E-state index in [-0.39, 0.29) is 5.92 Å². The highest BCUT2D eigenvalue weighted by molar-refractivity contribution is 5.23. The van der Waals surface area contributed by atoms with Gasteiger partial charge in [-0.15, -0.1) is 5.92 Å². The Balaban J connectivity index is 2.77.